The number of amides is 2. The van der Waals surface area contributed by atoms with Crippen molar-refractivity contribution in [3.63, 3.8) is 0 Å². The standard InChI is InChI=1S/C28H30N2O4/c1-20(2)18-33-25-12-8-23(9-13-25)29-28(32)22-16-27(31)30(17-22)24-10-14-26(15-11-24)34-19-21-6-4-3-5-7-21/h3-15,20,22H,16-19H2,1-2H3,(H,29,32). The van der Waals surface area contributed by atoms with Crippen molar-refractivity contribution in [2.24, 2.45) is 11.8 Å². The summed E-state index contributed by atoms with van der Waals surface area (Å²) in [7, 11) is 0. The zero-order valence-corrected chi connectivity index (χ0v) is 19.6. The lowest BCUT2D eigenvalue weighted by Gasteiger charge is -2.17. The highest BCUT2D eigenvalue weighted by molar-refractivity contribution is 6.03. The molecule has 0 aliphatic carbocycles. The molecular formula is C28H30N2O4. The van der Waals surface area contributed by atoms with Crippen molar-refractivity contribution in [3.05, 3.63) is 84.4 Å². The highest BCUT2D eigenvalue weighted by atomic mass is 16.5. The predicted molar refractivity (Wildman–Crippen MR) is 133 cm³/mol. The molecule has 1 aliphatic rings. The maximum Gasteiger partial charge on any atom is 0.229 e. The number of hydrogen-bond acceptors (Lipinski definition) is 4. The molecule has 1 unspecified atom stereocenters. The zero-order valence-electron chi connectivity index (χ0n) is 19.6. The third-order valence-electron chi connectivity index (χ3n) is 5.60. The van der Waals surface area contributed by atoms with E-state index in [1.54, 1.807) is 4.90 Å². The van der Waals surface area contributed by atoms with Crippen LogP contribution in [0, 0.1) is 11.8 Å². The maximum atomic E-state index is 12.8. The number of carbonyl (C=O) groups excluding carboxylic acids is 2. The van der Waals surface area contributed by atoms with Crippen LogP contribution in [0.1, 0.15) is 25.8 Å². The number of anilines is 2. The van der Waals surface area contributed by atoms with E-state index in [9.17, 15) is 9.59 Å². The van der Waals surface area contributed by atoms with Crippen LogP contribution in [0.5, 0.6) is 11.5 Å². The average molecular weight is 459 g/mol. The number of benzene rings is 3. The van der Waals surface area contributed by atoms with E-state index >= 15 is 0 Å². The van der Waals surface area contributed by atoms with Crippen molar-refractivity contribution in [2.75, 3.05) is 23.4 Å². The monoisotopic (exact) mass is 458 g/mol. The molecule has 1 atom stereocenters. The second-order valence-electron chi connectivity index (χ2n) is 8.89. The molecule has 0 spiro atoms. The number of nitrogens with zero attached hydrogens (tertiary/aromatic N) is 1. The molecule has 1 saturated heterocycles. The van der Waals surface area contributed by atoms with Gasteiger partial charge in [0.15, 0.2) is 0 Å². The maximum absolute atomic E-state index is 12.8. The predicted octanol–water partition coefficient (Wildman–Crippen LogP) is 5.29. The van der Waals surface area contributed by atoms with Crippen LogP contribution in [0.4, 0.5) is 11.4 Å². The lowest BCUT2D eigenvalue weighted by Crippen LogP contribution is -2.28. The second kappa shape index (κ2) is 10.9. The van der Waals surface area contributed by atoms with Crippen molar-refractivity contribution >= 4 is 23.2 Å². The minimum Gasteiger partial charge on any atom is -0.493 e. The molecule has 0 saturated carbocycles. The molecule has 1 aliphatic heterocycles. The van der Waals surface area contributed by atoms with Gasteiger partial charge in [-0.1, -0.05) is 44.2 Å². The largest absolute Gasteiger partial charge is 0.493 e. The Bertz CT molecular complexity index is 1100. The summed E-state index contributed by atoms with van der Waals surface area (Å²) in [6.45, 7) is 5.66. The Hall–Kier alpha value is -3.80. The summed E-state index contributed by atoms with van der Waals surface area (Å²) in [5.74, 6) is 1.32. The first-order chi connectivity index (χ1) is 16.5. The number of ether oxygens (including phenoxy) is 2. The molecule has 1 heterocycles. The second-order valence-corrected chi connectivity index (χ2v) is 8.89. The molecule has 3 aromatic carbocycles. The fraction of sp³-hybridized carbons (Fsp3) is 0.286. The zero-order chi connectivity index (χ0) is 23.9. The van der Waals surface area contributed by atoms with Gasteiger partial charge in [-0.2, -0.15) is 0 Å². The smallest absolute Gasteiger partial charge is 0.229 e. The van der Waals surface area contributed by atoms with Gasteiger partial charge in [-0.15, -0.1) is 0 Å². The fourth-order valence-electron chi connectivity index (χ4n) is 3.74. The molecule has 6 heteroatoms. The molecular weight excluding hydrogens is 428 g/mol. The van der Waals surface area contributed by atoms with E-state index in [4.69, 9.17) is 9.47 Å². The Morgan fingerprint density at radius 1 is 0.941 bits per heavy atom. The van der Waals surface area contributed by atoms with Gasteiger partial charge in [0.1, 0.15) is 18.1 Å². The molecule has 1 N–H and O–H groups in total. The Balaban J connectivity index is 1.30. The van der Waals surface area contributed by atoms with Crippen LogP contribution in [0.3, 0.4) is 0 Å². The van der Waals surface area contributed by atoms with Gasteiger partial charge in [-0.3, -0.25) is 9.59 Å². The fourth-order valence-corrected chi connectivity index (χ4v) is 3.74. The van der Waals surface area contributed by atoms with Crippen molar-refractivity contribution in [3.8, 4) is 11.5 Å². The van der Waals surface area contributed by atoms with Gasteiger partial charge in [-0.25, -0.2) is 0 Å². The van der Waals surface area contributed by atoms with Crippen LogP contribution < -0.4 is 19.7 Å². The quantitative estimate of drug-likeness (QED) is 0.473. The van der Waals surface area contributed by atoms with Crippen LogP contribution in [-0.2, 0) is 16.2 Å². The minimum atomic E-state index is -0.404. The van der Waals surface area contributed by atoms with E-state index in [1.165, 1.54) is 0 Å². The number of carbonyl (C=O) groups is 2. The molecule has 4 rings (SSSR count). The summed E-state index contributed by atoms with van der Waals surface area (Å²) in [6.07, 6.45) is 0.188. The van der Waals surface area contributed by atoms with Crippen LogP contribution in [-0.4, -0.2) is 25.0 Å². The molecule has 6 nitrogen and oxygen atoms in total. The molecule has 0 bridgehead atoms. The summed E-state index contributed by atoms with van der Waals surface area (Å²) < 4.78 is 11.5. The molecule has 1 fully saturated rings. The number of nitrogens with one attached hydrogen (secondary N) is 1. The molecule has 0 aromatic heterocycles. The molecule has 3 aromatic rings. The summed E-state index contributed by atoms with van der Waals surface area (Å²) in [4.78, 5) is 27.0. The van der Waals surface area contributed by atoms with Gasteiger partial charge >= 0.3 is 0 Å². The Morgan fingerprint density at radius 3 is 2.26 bits per heavy atom. The summed E-state index contributed by atoms with van der Waals surface area (Å²) >= 11 is 0. The lowest BCUT2D eigenvalue weighted by molar-refractivity contribution is -0.122. The van der Waals surface area contributed by atoms with Crippen LogP contribution in [0.15, 0.2) is 78.9 Å². The Labute approximate surface area is 200 Å². The highest BCUT2D eigenvalue weighted by Crippen LogP contribution is 2.28. The SMILES string of the molecule is CC(C)COc1ccc(NC(=O)C2CC(=O)N(c3ccc(OCc4ccccc4)cc3)C2)cc1. The van der Waals surface area contributed by atoms with E-state index < -0.39 is 5.92 Å². The minimum absolute atomic E-state index is 0.0597. The molecule has 2 amide bonds. The van der Waals surface area contributed by atoms with Crippen molar-refractivity contribution in [1.82, 2.24) is 0 Å². The normalized spacial score (nSPS) is 15.4. The van der Waals surface area contributed by atoms with Crippen LogP contribution >= 0.6 is 0 Å². The Morgan fingerprint density at radius 2 is 1.59 bits per heavy atom. The van der Waals surface area contributed by atoms with Crippen LogP contribution in [0.2, 0.25) is 0 Å². The Kier molecular flexibility index (Phi) is 7.48. The third kappa shape index (κ3) is 6.16. The van der Waals surface area contributed by atoms with Gasteiger partial charge < -0.3 is 19.7 Å². The van der Waals surface area contributed by atoms with E-state index in [0.717, 1.165) is 22.7 Å². The van der Waals surface area contributed by atoms with Gasteiger partial charge in [0, 0.05) is 24.3 Å². The summed E-state index contributed by atoms with van der Waals surface area (Å²) in [5, 5.41) is 2.92. The molecule has 176 valence electrons. The first-order valence-corrected chi connectivity index (χ1v) is 11.6. The summed E-state index contributed by atoms with van der Waals surface area (Å²) in [5.41, 5.74) is 2.54. The summed E-state index contributed by atoms with van der Waals surface area (Å²) in [6, 6.07) is 24.7. The van der Waals surface area contributed by atoms with Crippen LogP contribution in [0.25, 0.3) is 0 Å². The van der Waals surface area contributed by atoms with Gasteiger partial charge in [-0.05, 0) is 60.0 Å². The molecule has 0 radical (unpaired) electrons. The number of rotatable bonds is 9. The van der Waals surface area contributed by atoms with Gasteiger partial charge in [0.05, 0.1) is 12.5 Å². The molecule has 34 heavy (non-hydrogen) atoms. The van der Waals surface area contributed by atoms with Crippen molar-refractivity contribution < 1.29 is 19.1 Å². The topological polar surface area (TPSA) is 67.9 Å². The lowest BCUT2D eigenvalue weighted by atomic mass is 10.1. The number of hydrogen-bond donors (Lipinski definition) is 1. The first kappa shape index (κ1) is 23.4. The van der Waals surface area contributed by atoms with Crippen molar-refractivity contribution in [2.45, 2.75) is 26.9 Å². The van der Waals surface area contributed by atoms with Gasteiger partial charge in [0.25, 0.3) is 0 Å². The highest BCUT2D eigenvalue weighted by Gasteiger charge is 2.35. The average Bonchev–Trinajstić information content (AvgIpc) is 3.25. The van der Waals surface area contributed by atoms with E-state index in [1.807, 2.05) is 78.9 Å². The van der Waals surface area contributed by atoms with Gasteiger partial charge in [0.2, 0.25) is 11.8 Å². The first-order valence-electron chi connectivity index (χ1n) is 11.6. The van der Waals surface area contributed by atoms with E-state index in [0.29, 0.717) is 31.4 Å². The van der Waals surface area contributed by atoms with E-state index in [-0.39, 0.29) is 18.2 Å². The van der Waals surface area contributed by atoms with Crippen molar-refractivity contribution in [1.29, 1.82) is 0 Å². The third-order valence-corrected chi connectivity index (χ3v) is 5.60. The van der Waals surface area contributed by atoms with E-state index in [2.05, 4.69) is 19.2 Å².